The molecule has 100 valence electrons. The van der Waals surface area contributed by atoms with Crippen molar-refractivity contribution in [2.75, 3.05) is 25.5 Å². The van der Waals surface area contributed by atoms with Crippen LogP contribution in [0.3, 0.4) is 0 Å². The molecular weight excluding hydrogens is 226 g/mol. The van der Waals surface area contributed by atoms with E-state index in [-0.39, 0.29) is 0 Å². The summed E-state index contributed by atoms with van der Waals surface area (Å²) >= 11 is 0. The van der Waals surface area contributed by atoms with Crippen molar-refractivity contribution in [1.29, 1.82) is 0 Å². The molecule has 2 heterocycles. The van der Waals surface area contributed by atoms with Crippen LogP contribution in [0.25, 0.3) is 0 Å². The van der Waals surface area contributed by atoms with Crippen molar-refractivity contribution in [3.8, 4) is 0 Å². The molecule has 1 fully saturated rings. The number of pyridine rings is 1. The lowest BCUT2D eigenvalue weighted by atomic mass is 10.1. The second kappa shape index (κ2) is 5.67. The van der Waals surface area contributed by atoms with Crippen LogP contribution in [-0.2, 0) is 11.3 Å². The normalized spacial score (nSPS) is 21.2. The maximum absolute atomic E-state index is 6.07. The number of aryl methyl sites for hydroxylation is 1. The molecule has 0 amide bonds. The topological polar surface area (TPSA) is 51.4 Å². The number of rotatable bonds is 3. The fourth-order valence-electron chi connectivity index (χ4n) is 2.42. The molecule has 1 aromatic heterocycles. The molecule has 2 N–H and O–H groups in total. The predicted molar refractivity (Wildman–Crippen MR) is 73.4 cm³/mol. The average Bonchev–Trinajstić information content (AvgIpc) is 2.40. The summed E-state index contributed by atoms with van der Waals surface area (Å²) in [6, 6.07) is 0.502. The molecule has 2 rings (SSSR count). The summed E-state index contributed by atoms with van der Waals surface area (Å²) in [6.07, 6.45) is 2.99. The van der Waals surface area contributed by atoms with Crippen molar-refractivity contribution in [3.63, 3.8) is 0 Å². The Morgan fingerprint density at radius 2 is 2.28 bits per heavy atom. The summed E-state index contributed by atoms with van der Waals surface area (Å²) in [5, 5.41) is 0. The second-order valence-corrected chi connectivity index (χ2v) is 5.03. The molecule has 0 bridgehead atoms. The van der Waals surface area contributed by atoms with Gasteiger partial charge in [-0.2, -0.15) is 0 Å². The van der Waals surface area contributed by atoms with Gasteiger partial charge in [0.15, 0.2) is 0 Å². The second-order valence-electron chi connectivity index (χ2n) is 5.03. The van der Waals surface area contributed by atoms with E-state index in [1.807, 2.05) is 13.1 Å². The van der Waals surface area contributed by atoms with Gasteiger partial charge in [-0.05, 0) is 31.4 Å². The van der Waals surface area contributed by atoms with E-state index in [1.54, 1.807) is 0 Å². The van der Waals surface area contributed by atoms with Crippen LogP contribution in [0, 0.1) is 13.8 Å². The van der Waals surface area contributed by atoms with Gasteiger partial charge in [-0.25, -0.2) is 0 Å². The molecule has 0 aromatic carbocycles. The number of ether oxygens (including phenoxy) is 1. The molecule has 18 heavy (non-hydrogen) atoms. The number of anilines is 1. The number of morpholine rings is 1. The molecule has 0 aliphatic carbocycles. The zero-order valence-electron chi connectivity index (χ0n) is 11.6. The van der Waals surface area contributed by atoms with E-state index < -0.39 is 0 Å². The number of hydrogen-bond acceptors (Lipinski definition) is 4. The third-order valence-electron chi connectivity index (χ3n) is 3.85. The summed E-state index contributed by atoms with van der Waals surface area (Å²) in [7, 11) is 0. The van der Waals surface area contributed by atoms with Gasteiger partial charge in [0.05, 0.1) is 18.9 Å². The first-order valence-electron chi connectivity index (χ1n) is 6.65. The molecule has 4 nitrogen and oxygen atoms in total. The van der Waals surface area contributed by atoms with Gasteiger partial charge in [0, 0.05) is 31.0 Å². The Bertz CT molecular complexity index is 420. The molecular formula is C14H23N3O. The van der Waals surface area contributed by atoms with Crippen LogP contribution in [0.15, 0.2) is 6.20 Å². The van der Waals surface area contributed by atoms with E-state index in [0.29, 0.717) is 6.04 Å². The SMILES string of the molecule is CCC1COCCN1Cc1ncc(C)c(N)c1C. The summed E-state index contributed by atoms with van der Waals surface area (Å²) in [5.74, 6) is 0. The van der Waals surface area contributed by atoms with Gasteiger partial charge in [0.1, 0.15) is 0 Å². The molecule has 4 heteroatoms. The van der Waals surface area contributed by atoms with E-state index >= 15 is 0 Å². The largest absolute Gasteiger partial charge is 0.398 e. The minimum absolute atomic E-state index is 0.502. The number of nitrogen functional groups attached to an aromatic ring is 1. The van der Waals surface area contributed by atoms with Gasteiger partial charge in [-0.3, -0.25) is 9.88 Å². The first-order chi connectivity index (χ1) is 8.63. The molecule has 1 aliphatic rings. The van der Waals surface area contributed by atoms with Crippen molar-refractivity contribution in [2.24, 2.45) is 0 Å². The Kier molecular flexibility index (Phi) is 4.19. The van der Waals surface area contributed by atoms with Crippen LogP contribution in [0.1, 0.15) is 30.2 Å². The Labute approximate surface area is 109 Å². The smallest absolute Gasteiger partial charge is 0.0622 e. The molecule has 1 atom stereocenters. The lowest BCUT2D eigenvalue weighted by Crippen LogP contribution is -2.44. The van der Waals surface area contributed by atoms with Crippen LogP contribution in [0.5, 0.6) is 0 Å². The zero-order chi connectivity index (χ0) is 13.1. The molecule has 0 radical (unpaired) electrons. The molecule has 1 unspecified atom stereocenters. The maximum Gasteiger partial charge on any atom is 0.0622 e. The van der Waals surface area contributed by atoms with Gasteiger partial charge in [-0.15, -0.1) is 0 Å². The van der Waals surface area contributed by atoms with E-state index in [1.165, 1.54) is 0 Å². The number of aromatic nitrogens is 1. The number of nitrogens with two attached hydrogens (primary N) is 1. The van der Waals surface area contributed by atoms with Crippen molar-refractivity contribution in [2.45, 2.75) is 39.8 Å². The highest BCUT2D eigenvalue weighted by atomic mass is 16.5. The third-order valence-corrected chi connectivity index (χ3v) is 3.85. The highest BCUT2D eigenvalue weighted by Crippen LogP contribution is 2.21. The molecule has 1 aromatic rings. The van der Waals surface area contributed by atoms with Gasteiger partial charge in [-0.1, -0.05) is 6.92 Å². The summed E-state index contributed by atoms with van der Waals surface area (Å²) in [4.78, 5) is 6.99. The van der Waals surface area contributed by atoms with Crippen LogP contribution in [0.4, 0.5) is 5.69 Å². The molecule has 1 saturated heterocycles. The highest BCUT2D eigenvalue weighted by Gasteiger charge is 2.22. The Hall–Kier alpha value is -1.13. The Morgan fingerprint density at radius 1 is 1.50 bits per heavy atom. The van der Waals surface area contributed by atoms with Crippen LogP contribution in [-0.4, -0.2) is 35.7 Å². The molecule has 0 spiro atoms. The van der Waals surface area contributed by atoms with Gasteiger partial charge < -0.3 is 10.5 Å². The summed E-state index contributed by atoms with van der Waals surface area (Å²) in [6.45, 7) is 9.77. The fourth-order valence-corrected chi connectivity index (χ4v) is 2.42. The third kappa shape index (κ3) is 2.65. The van der Waals surface area contributed by atoms with Crippen LogP contribution in [0.2, 0.25) is 0 Å². The van der Waals surface area contributed by atoms with Gasteiger partial charge in [0.2, 0.25) is 0 Å². The van der Waals surface area contributed by atoms with E-state index in [9.17, 15) is 0 Å². The van der Waals surface area contributed by atoms with Crippen LogP contribution >= 0.6 is 0 Å². The van der Waals surface area contributed by atoms with Gasteiger partial charge >= 0.3 is 0 Å². The van der Waals surface area contributed by atoms with Crippen molar-refractivity contribution in [3.05, 3.63) is 23.0 Å². The Morgan fingerprint density at radius 3 is 3.00 bits per heavy atom. The first-order valence-corrected chi connectivity index (χ1v) is 6.65. The minimum Gasteiger partial charge on any atom is -0.398 e. The standard InChI is InChI=1S/C14H23N3O/c1-4-12-9-18-6-5-17(12)8-13-11(3)14(15)10(2)7-16-13/h7,12H,4-6,8-9H2,1-3H3,(H2,15,16). The Balaban J connectivity index is 2.15. The summed E-state index contributed by atoms with van der Waals surface area (Å²) in [5.41, 5.74) is 10.2. The van der Waals surface area contributed by atoms with Crippen molar-refractivity contribution >= 4 is 5.69 Å². The minimum atomic E-state index is 0.502. The highest BCUT2D eigenvalue weighted by molar-refractivity contribution is 5.53. The lowest BCUT2D eigenvalue weighted by molar-refractivity contribution is -0.0133. The number of nitrogens with zero attached hydrogens (tertiary/aromatic N) is 2. The van der Waals surface area contributed by atoms with Gasteiger partial charge in [0.25, 0.3) is 0 Å². The lowest BCUT2D eigenvalue weighted by Gasteiger charge is -2.35. The van der Waals surface area contributed by atoms with Crippen molar-refractivity contribution < 1.29 is 4.74 Å². The van der Waals surface area contributed by atoms with Crippen LogP contribution < -0.4 is 5.73 Å². The monoisotopic (exact) mass is 249 g/mol. The van der Waals surface area contributed by atoms with Crippen molar-refractivity contribution in [1.82, 2.24) is 9.88 Å². The fraction of sp³-hybridized carbons (Fsp3) is 0.643. The quantitative estimate of drug-likeness (QED) is 0.889. The number of hydrogen-bond donors (Lipinski definition) is 1. The first kappa shape index (κ1) is 13.3. The van der Waals surface area contributed by atoms with E-state index in [0.717, 1.165) is 55.2 Å². The van der Waals surface area contributed by atoms with E-state index in [2.05, 4.69) is 23.7 Å². The summed E-state index contributed by atoms with van der Waals surface area (Å²) < 4.78 is 5.53. The molecule has 1 aliphatic heterocycles. The predicted octanol–water partition coefficient (Wildman–Crippen LogP) is 1.89. The zero-order valence-corrected chi connectivity index (χ0v) is 11.6. The average molecular weight is 249 g/mol. The maximum atomic E-state index is 6.07. The van der Waals surface area contributed by atoms with E-state index in [4.69, 9.17) is 10.5 Å². The molecule has 0 saturated carbocycles.